The summed E-state index contributed by atoms with van der Waals surface area (Å²) in [4.78, 5) is 25.5. The van der Waals surface area contributed by atoms with E-state index in [-0.39, 0.29) is 18.3 Å². The van der Waals surface area contributed by atoms with Gasteiger partial charge in [-0.3, -0.25) is 9.89 Å². The number of amides is 2. The highest BCUT2D eigenvalue weighted by Crippen LogP contribution is 2.08. The first-order valence-electron chi connectivity index (χ1n) is 5.05. The normalized spacial score (nSPS) is 9.88. The van der Waals surface area contributed by atoms with Crippen LogP contribution in [0.4, 0.5) is 4.79 Å². The van der Waals surface area contributed by atoms with Crippen molar-refractivity contribution in [3.63, 3.8) is 0 Å². The lowest BCUT2D eigenvalue weighted by molar-refractivity contribution is -0.129. The van der Waals surface area contributed by atoms with Gasteiger partial charge in [-0.2, -0.15) is 0 Å². The average Bonchev–Trinajstić information content (AvgIpc) is 2.63. The zero-order chi connectivity index (χ0) is 13.0. The highest BCUT2D eigenvalue weighted by atomic mass is 16.6. The molecular formula is C10H16N4O3. The van der Waals surface area contributed by atoms with E-state index in [2.05, 4.69) is 10.2 Å². The molecule has 0 aliphatic heterocycles. The van der Waals surface area contributed by atoms with E-state index in [9.17, 15) is 9.59 Å². The summed E-state index contributed by atoms with van der Waals surface area (Å²) in [5.74, 6) is 0.0133. The first kappa shape index (κ1) is 13.0. The average molecular weight is 240 g/mol. The smallest absolute Gasteiger partial charge is 0.389 e. The molecule has 7 nitrogen and oxygen atoms in total. The molecule has 1 heterocycles. The molecule has 0 saturated heterocycles. The molecule has 1 rings (SSSR count). The van der Waals surface area contributed by atoms with Gasteiger partial charge in [-0.05, 0) is 6.92 Å². The molecule has 0 saturated carbocycles. The van der Waals surface area contributed by atoms with E-state index in [1.807, 2.05) is 0 Å². The van der Waals surface area contributed by atoms with E-state index in [1.165, 1.54) is 16.8 Å². The van der Waals surface area contributed by atoms with Crippen LogP contribution in [0.3, 0.4) is 0 Å². The van der Waals surface area contributed by atoms with Gasteiger partial charge in [-0.25, -0.2) is 4.79 Å². The maximum absolute atomic E-state index is 11.6. The van der Waals surface area contributed by atoms with Gasteiger partial charge < -0.3 is 14.5 Å². The van der Waals surface area contributed by atoms with Gasteiger partial charge in [0.25, 0.3) is 0 Å². The van der Waals surface area contributed by atoms with Gasteiger partial charge in [0, 0.05) is 32.9 Å². The van der Waals surface area contributed by atoms with Crippen LogP contribution >= 0.6 is 0 Å². The number of hydrogen-bond acceptors (Lipinski definition) is 4. The number of nitrogens with zero attached hydrogens (tertiary/aromatic N) is 3. The van der Waals surface area contributed by atoms with Gasteiger partial charge in [0.2, 0.25) is 11.8 Å². The van der Waals surface area contributed by atoms with E-state index in [0.29, 0.717) is 0 Å². The molecule has 0 aliphatic carbocycles. The summed E-state index contributed by atoms with van der Waals surface area (Å²) in [6.07, 6.45) is -0.619. The molecule has 0 aliphatic rings. The summed E-state index contributed by atoms with van der Waals surface area (Å²) in [6.45, 7) is 1.76. The molecule has 0 fully saturated rings. The molecule has 0 spiro atoms. The van der Waals surface area contributed by atoms with Crippen molar-refractivity contribution in [1.82, 2.24) is 20.0 Å². The van der Waals surface area contributed by atoms with Gasteiger partial charge in [0.05, 0.1) is 0 Å². The Morgan fingerprint density at radius 3 is 2.53 bits per heavy atom. The van der Waals surface area contributed by atoms with Crippen molar-refractivity contribution < 1.29 is 14.3 Å². The minimum Gasteiger partial charge on any atom is -0.389 e. The number of aryl methyl sites for hydroxylation is 1. The van der Waals surface area contributed by atoms with Crippen LogP contribution in [-0.2, 0) is 4.79 Å². The first-order chi connectivity index (χ1) is 7.90. The lowest BCUT2D eigenvalue weighted by Crippen LogP contribution is -2.39. The number of H-pyrrole nitrogens is 1. The molecule has 1 aromatic heterocycles. The summed E-state index contributed by atoms with van der Waals surface area (Å²) in [7, 11) is 4.74. The third-order valence-electron chi connectivity index (χ3n) is 2.06. The Balaban J connectivity index is 2.50. The number of rotatable bonds is 3. The highest BCUT2D eigenvalue weighted by molar-refractivity contribution is 5.82. The quantitative estimate of drug-likeness (QED) is 0.820. The fourth-order valence-electron chi connectivity index (χ4n) is 1.02. The van der Waals surface area contributed by atoms with Crippen molar-refractivity contribution >= 4 is 12.0 Å². The Hall–Kier alpha value is -2.05. The number of hydrogen-bond donors (Lipinski definition) is 1. The van der Waals surface area contributed by atoms with Crippen molar-refractivity contribution in [2.75, 3.05) is 27.7 Å². The predicted octanol–water partition coefficient (Wildman–Crippen LogP) is 0.237. The molecule has 94 valence electrons. The Morgan fingerprint density at radius 1 is 1.41 bits per heavy atom. The van der Waals surface area contributed by atoms with Gasteiger partial charge >= 0.3 is 6.09 Å². The molecule has 2 amide bonds. The van der Waals surface area contributed by atoms with Crippen molar-refractivity contribution in [3.8, 4) is 5.88 Å². The zero-order valence-corrected chi connectivity index (χ0v) is 10.4. The minimum absolute atomic E-state index is 0.0325. The van der Waals surface area contributed by atoms with Crippen LogP contribution in [0.2, 0.25) is 0 Å². The predicted molar refractivity (Wildman–Crippen MR) is 60.7 cm³/mol. The van der Waals surface area contributed by atoms with Crippen molar-refractivity contribution in [3.05, 3.63) is 11.8 Å². The summed E-state index contributed by atoms with van der Waals surface area (Å²) >= 11 is 0. The van der Waals surface area contributed by atoms with Crippen molar-refractivity contribution in [2.45, 2.75) is 6.92 Å². The second-order valence-corrected chi connectivity index (χ2v) is 3.90. The second kappa shape index (κ2) is 5.33. The zero-order valence-electron chi connectivity index (χ0n) is 10.4. The van der Waals surface area contributed by atoms with E-state index >= 15 is 0 Å². The Morgan fingerprint density at radius 2 is 2.06 bits per heavy atom. The number of ether oxygens (including phenoxy) is 1. The lowest BCUT2D eigenvalue weighted by Gasteiger charge is -2.17. The SMILES string of the molecule is Cc1cc(OC(=O)N(C)CC(=O)N(C)C)n[nH]1. The summed E-state index contributed by atoms with van der Waals surface area (Å²) in [5, 5.41) is 6.41. The number of aromatic nitrogens is 2. The molecule has 0 bridgehead atoms. The Labute approximate surface area is 99.3 Å². The number of nitrogens with one attached hydrogen (secondary N) is 1. The molecule has 0 unspecified atom stereocenters. The van der Waals surface area contributed by atoms with Crippen LogP contribution < -0.4 is 4.74 Å². The van der Waals surface area contributed by atoms with Gasteiger partial charge in [-0.1, -0.05) is 0 Å². The maximum Gasteiger partial charge on any atom is 0.416 e. The fourth-order valence-corrected chi connectivity index (χ4v) is 1.02. The van der Waals surface area contributed by atoms with Crippen LogP contribution in [0.1, 0.15) is 5.69 Å². The summed E-state index contributed by atoms with van der Waals surface area (Å²) < 4.78 is 4.95. The molecule has 7 heteroatoms. The Kier molecular flexibility index (Phi) is 4.08. The van der Waals surface area contributed by atoms with E-state index in [0.717, 1.165) is 5.69 Å². The molecule has 1 N–H and O–H groups in total. The summed E-state index contributed by atoms with van der Waals surface area (Å²) in [6, 6.07) is 1.60. The minimum atomic E-state index is -0.619. The van der Waals surface area contributed by atoms with Crippen LogP contribution in [0, 0.1) is 6.92 Å². The number of carbonyl (C=O) groups excluding carboxylic acids is 2. The van der Waals surface area contributed by atoms with Crippen LogP contribution in [0.15, 0.2) is 6.07 Å². The van der Waals surface area contributed by atoms with Crippen LogP contribution in [0.25, 0.3) is 0 Å². The summed E-state index contributed by atoms with van der Waals surface area (Å²) in [5.41, 5.74) is 0.792. The second-order valence-electron chi connectivity index (χ2n) is 3.90. The largest absolute Gasteiger partial charge is 0.416 e. The molecule has 0 atom stereocenters. The fraction of sp³-hybridized carbons (Fsp3) is 0.500. The number of carbonyl (C=O) groups is 2. The molecular weight excluding hydrogens is 224 g/mol. The molecule has 1 aromatic rings. The standard InChI is InChI=1S/C10H16N4O3/c1-7-5-8(12-11-7)17-10(16)14(4)6-9(15)13(2)3/h5H,6H2,1-4H3,(H,11,12). The van der Waals surface area contributed by atoms with Gasteiger partial charge in [-0.15, -0.1) is 5.10 Å². The number of likely N-dealkylation sites (N-methyl/N-ethyl adjacent to an activating group) is 2. The highest BCUT2D eigenvalue weighted by Gasteiger charge is 2.16. The molecule has 0 aromatic carbocycles. The topological polar surface area (TPSA) is 78.5 Å². The maximum atomic E-state index is 11.6. The van der Waals surface area contributed by atoms with E-state index in [4.69, 9.17) is 4.74 Å². The van der Waals surface area contributed by atoms with Gasteiger partial charge in [0.15, 0.2) is 0 Å². The molecule has 0 radical (unpaired) electrons. The number of aromatic amines is 1. The third kappa shape index (κ3) is 3.78. The molecule has 17 heavy (non-hydrogen) atoms. The Bertz CT molecular complexity index is 413. The third-order valence-corrected chi connectivity index (χ3v) is 2.06. The first-order valence-corrected chi connectivity index (χ1v) is 5.05. The van der Waals surface area contributed by atoms with Crippen LogP contribution in [-0.4, -0.2) is 59.7 Å². The lowest BCUT2D eigenvalue weighted by atomic mass is 10.5. The monoisotopic (exact) mass is 240 g/mol. The van der Waals surface area contributed by atoms with Crippen molar-refractivity contribution in [1.29, 1.82) is 0 Å². The van der Waals surface area contributed by atoms with Crippen molar-refractivity contribution in [2.24, 2.45) is 0 Å². The van der Waals surface area contributed by atoms with E-state index in [1.54, 1.807) is 27.1 Å². The van der Waals surface area contributed by atoms with E-state index < -0.39 is 6.09 Å². The van der Waals surface area contributed by atoms with Crippen LogP contribution in [0.5, 0.6) is 5.88 Å². The van der Waals surface area contributed by atoms with Gasteiger partial charge in [0.1, 0.15) is 6.54 Å².